The molecule has 6 heteroatoms. The number of benzene rings is 2. The summed E-state index contributed by atoms with van der Waals surface area (Å²) in [6.45, 7) is 7.03. The summed E-state index contributed by atoms with van der Waals surface area (Å²) in [7, 11) is 0. The van der Waals surface area contributed by atoms with Gasteiger partial charge in [0.15, 0.2) is 5.11 Å². The van der Waals surface area contributed by atoms with E-state index in [9.17, 15) is 4.79 Å². The van der Waals surface area contributed by atoms with Gasteiger partial charge in [0.1, 0.15) is 5.75 Å². The van der Waals surface area contributed by atoms with E-state index in [4.69, 9.17) is 17.0 Å². The van der Waals surface area contributed by atoms with Crippen LogP contribution < -0.4 is 15.4 Å². The van der Waals surface area contributed by atoms with Crippen molar-refractivity contribution in [2.24, 2.45) is 0 Å². The molecule has 2 aromatic rings. The third-order valence-electron chi connectivity index (χ3n) is 3.89. The maximum Gasteiger partial charge on any atom is 0.226 e. The van der Waals surface area contributed by atoms with Gasteiger partial charge in [-0.25, -0.2) is 0 Å². The summed E-state index contributed by atoms with van der Waals surface area (Å²) in [5, 5.41) is 5.99. The normalized spacial score (nSPS) is 11.0. The van der Waals surface area contributed by atoms with E-state index < -0.39 is 0 Å². The average Bonchev–Trinajstić information content (AvgIpc) is 2.60. The van der Waals surface area contributed by atoms with Gasteiger partial charge < -0.3 is 15.4 Å². The van der Waals surface area contributed by atoms with Gasteiger partial charge in [-0.1, -0.05) is 32.9 Å². The number of rotatable bonds is 6. The minimum absolute atomic E-state index is 0.121. The Hall–Kier alpha value is -1.67. The van der Waals surface area contributed by atoms with Gasteiger partial charge in [-0.3, -0.25) is 4.79 Å². The molecule has 0 unspecified atom stereocenters. The van der Waals surface area contributed by atoms with Crippen molar-refractivity contribution in [3.63, 3.8) is 0 Å². The molecule has 0 heterocycles. The predicted octanol–water partition coefficient (Wildman–Crippen LogP) is 5.26. The summed E-state index contributed by atoms with van der Waals surface area (Å²) in [5.41, 5.74) is 2.24. The van der Waals surface area contributed by atoms with Crippen molar-refractivity contribution in [3.05, 3.63) is 57.7 Å². The highest BCUT2D eigenvalue weighted by molar-refractivity contribution is 14.1. The zero-order chi connectivity index (χ0) is 19.9. The van der Waals surface area contributed by atoms with E-state index in [0.29, 0.717) is 24.6 Å². The number of ether oxygens (including phenoxy) is 1. The predicted molar refractivity (Wildman–Crippen MR) is 123 cm³/mol. The van der Waals surface area contributed by atoms with Crippen molar-refractivity contribution in [2.45, 2.75) is 39.0 Å². The molecule has 0 aliphatic rings. The van der Waals surface area contributed by atoms with Gasteiger partial charge in [0.2, 0.25) is 5.91 Å². The summed E-state index contributed by atoms with van der Waals surface area (Å²) in [5.74, 6) is 0.698. The highest BCUT2D eigenvalue weighted by atomic mass is 127. The molecule has 2 N–H and O–H groups in total. The number of nitrogens with one attached hydrogen (secondary N) is 2. The Labute approximate surface area is 180 Å². The van der Waals surface area contributed by atoms with E-state index in [-0.39, 0.29) is 11.3 Å². The number of carbonyl (C=O) groups excluding carboxylic acids is 1. The summed E-state index contributed by atoms with van der Waals surface area (Å²) >= 11 is 7.40. The van der Waals surface area contributed by atoms with Crippen LogP contribution in [0.1, 0.15) is 39.2 Å². The monoisotopic (exact) mass is 496 g/mol. The van der Waals surface area contributed by atoms with E-state index in [0.717, 1.165) is 15.0 Å². The number of anilines is 1. The second kappa shape index (κ2) is 10.0. The van der Waals surface area contributed by atoms with Gasteiger partial charge in [-0.05, 0) is 88.6 Å². The number of amides is 1. The van der Waals surface area contributed by atoms with Crippen LogP contribution in [0, 0.1) is 3.57 Å². The highest BCUT2D eigenvalue weighted by Gasteiger charge is 2.13. The fraction of sp³-hybridized carbons (Fsp3) is 0.333. The second-order valence-corrected chi connectivity index (χ2v) is 8.89. The Kier molecular flexibility index (Phi) is 8.04. The number of halogens is 1. The standard InChI is InChI=1S/C21H25IN2O2S/c1-21(2,3)15-6-12-18(13-7-15)26-14-4-5-19(25)24-20(27)23-17-10-8-16(22)9-11-17/h6-13H,4-5,14H2,1-3H3,(H2,23,24,25,27). The number of hydrogen-bond donors (Lipinski definition) is 2. The first kappa shape index (κ1) is 21.6. The molecule has 0 bridgehead atoms. The molecular formula is C21H25IN2O2S. The van der Waals surface area contributed by atoms with Crippen LogP contribution in [0.15, 0.2) is 48.5 Å². The lowest BCUT2D eigenvalue weighted by molar-refractivity contribution is -0.119. The van der Waals surface area contributed by atoms with E-state index in [1.54, 1.807) is 0 Å². The first-order valence-electron chi connectivity index (χ1n) is 8.84. The minimum atomic E-state index is -0.121. The largest absolute Gasteiger partial charge is 0.494 e. The minimum Gasteiger partial charge on any atom is -0.494 e. The maximum atomic E-state index is 12.0. The Morgan fingerprint density at radius 3 is 2.30 bits per heavy atom. The molecule has 4 nitrogen and oxygen atoms in total. The van der Waals surface area contributed by atoms with Gasteiger partial charge in [0, 0.05) is 15.7 Å². The molecule has 1 amide bonds. The van der Waals surface area contributed by atoms with Crippen molar-refractivity contribution in [1.82, 2.24) is 5.32 Å². The third-order valence-corrected chi connectivity index (χ3v) is 4.82. The number of thiocarbonyl (C=S) groups is 1. The van der Waals surface area contributed by atoms with Crippen molar-refractivity contribution >= 4 is 51.5 Å². The van der Waals surface area contributed by atoms with Crippen molar-refractivity contribution in [2.75, 3.05) is 11.9 Å². The van der Waals surface area contributed by atoms with Crippen LogP contribution in [-0.4, -0.2) is 17.6 Å². The molecular weight excluding hydrogens is 471 g/mol. The lowest BCUT2D eigenvalue weighted by Crippen LogP contribution is -2.34. The van der Waals surface area contributed by atoms with E-state index >= 15 is 0 Å². The van der Waals surface area contributed by atoms with Crippen LogP contribution in [0.3, 0.4) is 0 Å². The van der Waals surface area contributed by atoms with Crippen LogP contribution in [0.4, 0.5) is 5.69 Å². The molecule has 0 saturated carbocycles. The molecule has 0 fully saturated rings. The van der Waals surface area contributed by atoms with Crippen LogP contribution in [0.25, 0.3) is 0 Å². The Morgan fingerprint density at radius 1 is 1.07 bits per heavy atom. The Morgan fingerprint density at radius 2 is 1.70 bits per heavy atom. The molecule has 0 atom stereocenters. The van der Waals surface area contributed by atoms with Crippen molar-refractivity contribution in [3.8, 4) is 5.75 Å². The van der Waals surface area contributed by atoms with Crippen LogP contribution in [-0.2, 0) is 10.2 Å². The quantitative estimate of drug-likeness (QED) is 0.326. The average molecular weight is 496 g/mol. The van der Waals surface area contributed by atoms with Gasteiger partial charge in [-0.2, -0.15) is 0 Å². The van der Waals surface area contributed by atoms with Crippen molar-refractivity contribution < 1.29 is 9.53 Å². The fourth-order valence-corrected chi connectivity index (χ4v) is 2.95. The zero-order valence-corrected chi connectivity index (χ0v) is 18.8. The smallest absolute Gasteiger partial charge is 0.226 e. The summed E-state index contributed by atoms with van der Waals surface area (Å²) in [6, 6.07) is 15.9. The maximum absolute atomic E-state index is 12.0. The molecule has 27 heavy (non-hydrogen) atoms. The molecule has 0 aromatic heterocycles. The molecule has 2 aromatic carbocycles. The second-order valence-electron chi connectivity index (χ2n) is 7.24. The number of carbonyl (C=O) groups is 1. The van der Waals surface area contributed by atoms with Crippen LogP contribution >= 0.6 is 34.8 Å². The molecule has 0 aliphatic carbocycles. The molecule has 0 spiro atoms. The molecule has 0 aliphatic heterocycles. The Balaban J connectivity index is 1.67. The van der Waals surface area contributed by atoms with E-state index in [1.807, 2.05) is 36.4 Å². The van der Waals surface area contributed by atoms with Gasteiger partial charge in [0.05, 0.1) is 6.61 Å². The molecule has 2 rings (SSSR count). The molecule has 0 radical (unpaired) electrons. The Bertz CT molecular complexity index is 768. The summed E-state index contributed by atoms with van der Waals surface area (Å²) < 4.78 is 6.85. The zero-order valence-electron chi connectivity index (χ0n) is 15.8. The van der Waals surface area contributed by atoms with Crippen LogP contribution in [0.2, 0.25) is 0 Å². The first-order chi connectivity index (χ1) is 12.7. The van der Waals surface area contributed by atoms with Gasteiger partial charge in [-0.15, -0.1) is 0 Å². The topological polar surface area (TPSA) is 50.4 Å². The van der Waals surface area contributed by atoms with E-state index in [2.05, 4.69) is 66.1 Å². The van der Waals surface area contributed by atoms with Gasteiger partial charge >= 0.3 is 0 Å². The summed E-state index contributed by atoms with van der Waals surface area (Å²) in [6.07, 6.45) is 0.980. The number of hydrogen-bond acceptors (Lipinski definition) is 3. The highest BCUT2D eigenvalue weighted by Crippen LogP contribution is 2.24. The fourth-order valence-electron chi connectivity index (χ4n) is 2.36. The third kappa shape index (κ3) is 7.84. The summed E-state index contributed by atoms with van der Waals surface area (Å²) in [4.78, 5) is 12.0. The van der Waals surface area contributed by atoms with E-state index in [1.165, 1.54) is 5.56 Å². The molecule has 0 saturated heterocycles. The first-order valence-corrected chi connectivity index (χ1v) is 10.3. The molecule has 144 valence electrons. The van der Waals surface area contributed by atoms with Gasteiger partial charge in [0.25, 0.3) is 0 Å². The van der Waals surface area contributed by atoms with Crippen molar-refractivity contribution in [1.29, 1.82) is 0 Å². The lowest BCUT2D eigenvalue weighted by Gasteiger charge is -2.19. The lowest BCUT2D eigenvalue weighted by atomic mass is 9.87. The SMILES string of the molecule is CC(C)(C)c1ccc(OCCCC(=O)NC(=S)Nc2ccc(I)cc2)cc1. The van der Waals surface area contributed by atoms with Crippen LogP contribution in [0.5, 0.6) is 5.75 Å².